The highest BCUT2D eigenvalue weighted by Crippen LogP contribution is 2.43. The van der Waals surface area contributed by atoms with Crippen molar-refractivity contribution in [3.63, 3.8) is 0 Å². The van der Waals surface area contributed by atoms with Crippen LogP contribution in [0.5, 0.6) is 0 Å². The molecule has 1 aromatic carbocycles. The lowest BCUT2D eigenvalue weighted by Gasteiger charge is -2.14. The van der Waals surface area contributed by atoms with Crippen molar-refractivity contribution < 1.29 is 22.7 Å². The van der Waals surface area contributed by atoms with Gasteiger partial charge in [-0.05, 0) is 40.9 Å². The summed E-state index contributed by atoms with van der Waals surface area (Å²) in [4.78, 5) is 22.7. The fourth-order valence-electron chi connectivity index (χ4n) is 4.26. The van der Waals surface area contributed by atoms with Gasteiger partial charge in [0.25, 0.3) is 0 Å². The predicted octanol–water partition coefficient (Wildman–Crippen LogP) is 4.36. The monoisotopic (exact) mass is 510 g/mol. The number of piperidine rings is 1. The van der Waals surface area contributed by atoms with Crippen LogP contribution in [-0.2, 0) is 10.9 Å². The molecule has 4 N–H and O–H groups in total. The molecule has 12 heteroatoms. The van der Waals surface area contributed by atoms with Gasteiger partial charge in [-0.15, -0.1) is 0 Å². The van der Waals surface area contributed by atoms with E-state index in [0.29, 0.717) is 33.0 Å². The molecular formula is C20H18BrF3N6O2. The summed E-state index contributed by atoms with van der Waals surface area (Å²) in [5, 5.41) is 9.56. The van der Waals surface area contributed by atoms with E-state index in [0.717, 1.165) is 19.2 Å². The summed E-state index contributed by atoms with van der Waals surface area (Å²) in [5.41, 5.74) is 0.0476. The summed E-state index contributed by atoms with van der Waals surface area (Å²) in [6.07, 6.45) is -1.99. The Morgan fingerprint density at radius 3 is 2.84 bits per heavy atom. The number of benzene rings is 1. The number of hydrogen-bond acceptors (Lipinski definition) is 6. The number of nitrogens with one attached hydrogen (secondary N) is 4. The minimum absolute atomic E-state index is 0.123. The average Bonchev–Trinajstić information content (AvgIpc) is 3.14. The SMILES string of the molecule is COC(=O)Nc1ccc2c(-c3nc(NC4C5CCNC54)ncc3C(F)(F)F)c[nH]c2c1Br. The van der Waals surface area contributed by atoms with Crippen molar-refractivity contribution in [1.82, 2.24) is 20.3 Å². The molecule has 3 heterocycles. The Morgan fingerprint density at radius 2 is 2.16 bits per heavy atom. The quantitative estimate of drug-likeness (QED) is 0.415. The second-order valence-corrected chi connectivity index (χ2v) is 8.52. The van der Waals surface area contributed by atoms with Gasteiger partial charge >= 0.3 is 12.3 Å². The molecule has 1 saturated heterocycles. The zero-order valence-corrected chi connectivity index (χ0v) is 18.3. The molecule has 168 valence electrons. The van der Waals surface area contributed by atoms with Gasteiger partial charge in [0.2, 0.25) is 5.95 Å². The molecule has 3 aromatic rings. The first-order valence-electron chi connectivity index (χ1n) is 9.87. The van der Waals surface area contributed by atoms with E-state index in [1.807, 2.05) is 0 Å². The zero-order chi connectivity index (χ0) is 22.6. The van der Waals surface area contributed by atoms with E-state index in [9.17, 15) is 18.0 Å². The number of nitrogens with zero attached hydrogens (tertiary/aromatic N) is 2. The topological polar surface area (TPSA) is 104 Å². The summed E-state index contributed by atoms with van der Waals surface area (Å²) in [6.45, 7) is 0.948. The van der Waals surface area contributed by atoms with Crippen molar-refractivity contribution in [2.75, 3.05) is 24.3 Å². The van der Waals surface area contributed by atoms with Crippen LogP contribution < -0.4 is 16.0 Å². The standard InChI is InChI=1S/C20H18BrF3N6O2/c1-32-19(31)28-12-3-2-8-10(6-26-15(8)13(12)21)14-11(20(22,23)24)7-27-18(29-14)30-17-9-4-5-25-16(9)17/h2-3,6-7,9,16-17,25-26H,4-5H2,1H3,(H,28,31)(H,27,29,30). The molecule has 8 nitrogen and oxygen atoms in total. The Labute approximate surface area is 188 Å². The third-order valence-corrected chi connectivity index (χ3v) is 6.71. The Kier molecular flexibility index (Phi) is 5.01. The molecule has 0 radical (unpaired) electrons. The molecule has 0 bridgehead atoms. The number of halogens is 4. The molecule has 2 fully saturated rings. The van der Waals surface area contributed by atoms with Gasteiger partial charge in [-0.25, -0.2) is 14.8 Å². The van der Waals surface area contributed by atoms with E-state index in [1.165, 1.54) is 13.3 Å². The van der Waals surface area contributed by atoms with Crippen molar-refractivity contribution in [1.29, 1.82) is 0 Å². The third kappa shape index (κ3) is 3.56. The first-order chi connectivity index (χ1) is 15.3. The van der Waals surface area contributed by atoms with E-state index >= 15 is 0 Å². The van der Waals surface area contributed by atoms with Crippen LogP contribution in [0.2, 0.25) is 0 Å². The number of methoxy groups -OCH3 is 1. The number of aromatic amines is 1. The van der Waals surface area contributed by atoms with Crippen LogP contribution >= 0.6 is 15.9 Å². The van der Waals surface area contributed by atoms with Crippen molar-refractivity contribution in [2.45, 2.75) is 24.7 Å². The molecule has 3 atom stereocenters. The Balaban J connectivity index is 1.55. The van der Waals surface area contributed by atoms with E-state index in [4.69, 9.17) is 0 Å². The lowest BCUT2D eigenvalue weighted by atomic mass is 10.1. The van der Waals surface area contributed by atoms with E-state index < -0.39 is 17.8 Å². The van der Waals surface area contributed by atoms with Crippen LogP contribution in [0.25, 0.3) is 22.2 Å². The number of ether oxygens (including phenoxy) is 1. The van der Waals surface area contributed by atoms with Crippen molar-refractivity contribution in [2.24, 2.45) is 5.92 Å². The summed E-state index contributed by atoms with van der Waals surface area (Å²) in [7, 11) is 1.23. The fraction of sp³-hybridized carbons (Fsp3) is 0.350. The Hall–Kier alpha value is -2.86. The first-order valence-corrected chi connectivity index (χ1v) is 10.7. The van der Waals surface area contributed by atoms with Crippen LogP contribution in [0.1, 0.15) is 12.0 Å². The molecule has 32 heavy (non-hydrogen) atoms. The van der Waals surface area contributed by atoms with E-state index in [2.05, 4.69) is 51.6 Å². The molecule has 5 rings (SSSR count). The van der Waals surface area contributed by atoms with Crippen molar-refractivity contribution in [3.05, 3.63) is 34.6 Å². The molecular weight excluding hydrogens is 493 g/mol. The third-order valence-electron chi connectivity index (χ3n) is 5.89. The number of anilines is 2. The summed E-state index contributed by atoms with van der Waals surface area (Å²) in [5.74, 6) is 0.612. The average molecular weight is 511 g/mol. The van der Waals surface area contributed by atoms with E-state index in [1.54, 1.807) is 12.1 Å². The highest BCUT2D eigenvalue weighted by molar-refractivity contribution is 9.10. The van der Waals surface area contributed by atoms with Gasteiger partial charge in [-0.2, -0.15) is 13.2 Å². The second-order valence-electron chi connectivity index (χ2n) is 7.72. The van der Waals surface area contributed by atoms with Crippen LogP contribution in [0, 0.1) is 5.92 Å². The molecule has 1 amide bonds. The largest absolute Gasteiger partial charge is 0.453 e. The number of rotatable bonds is 4. The molecule has 2 aromatic heterocycles. The highest BCUT2D eigenvalue weighted by Gasteiger charge is 2.53. The van der Waals surface area contributed by atoms with Gasteiger partial charge in [0.1, 0.15) is 5.56 Å². The minimum atomic E-state index is -4.63. The smallest absolute Gasteiger partial charge is 0.419 e. The van der Waals surface area contributed by atoms with Crippen LogP contribution in [0.15, 0.2) is 29.0 Å². The molecule has 1 saturated carbocycles. The number of fused-ring (bicyclic) bond motifs is 2. The molecule has 2 aliphatic rings. The maximum absolute atomic E-state index is 13.8. The van der Waals surface area contributed by atoms with E-state index in [-0.39, 0.29) is 23.2 Å². The number of hydrogen-bond donors (Lipinski definition) is 4. The number of amides is 1. The number of carbonyl (C=O) groups excluding carboxylic acids is 1. The molecule has 0 spiro atoms. The van der Waals surface area contributed by atoms with Crippen LogP contribution in [0.3, 0.4) is 0 Å². The number of alkyl halides is 3. The Morgan fingerprint density at radius 1 is 1.34 bits per heavy atom. The van der Waals surface area contributed by atoms with Gasteiger partial charge in [0, 0.05) is 35.4 Å². The lowest BCUT2D eigenvalue weighted by molar-refractivity contribution is -0.137. The number of H-pyrrole nitrogens is 1. The maximum Gasteiger partial charge on any atom is 0.419 e. The molecule has 3 unspecified atom stereocenters. The highest BCUT2D eigenvalue weighted by atomic mass is 79.9. The maximum atomic E-state index is 13.8. The fourth-order valence-corrected chi connectivity index (χ4v) is 4.81. The van der Waals surface area contributed by atoms with Crippen LogP contribution in [-0.4, -0.2) is 46.8 Å². The van der Waals surface area contributed by atoms with Crippen molar-refractivity contribution in [3.8, 4) is 11.3 Å². The number of aromatic nitrogens is 3. The Bertz CT molecular complexity index is 1200. The van der Waals surface area contributed by atoms with Gasteiger partial charge in [0.15, 0.2) is 0 Å². The van der Waals surface area contributed by atoms with Gasteiger partial charge in [-0.1, -0.05) is 6.07 Å². The van der Waals surface area contributed by atoms with Gasteiger partial charge < -0.3 is 20.4 Å². The predicted molar refractivity (Wildman–Crippen MR) is 115 cm³/mol. The van der Waals surface area contributed by atoms with Crippen molar-refractivity contribution >= 4 is 44.6 Å². The zero-order valence-electron chi connectivity index (χ0n) is 16.7. The number of carbonyl (C=O) groups is 1. The normalized spacial score (nSPS) is 22.0. The van der Waals surface area contributed by atoms with Crippen LogP contribution in [0.4, 0.5) is 29.6 Å². The molecule has 1 aliphatic heterocycles. The summed E-state index contributed by atoms with van der Waals surface area (Å²) < 4.78 is 46.4. The summed E-state index contributed by atoms with van der Waals surface area (Å²) in [6, 6.07) is 3.62. The van der Waals surface area contributed by atoms with Gasteiger partial charge in [0.05, 0.1) is 28.5 Å². The minimum Gasteiger partial charge on any atom is -0.453 e. The molecule has 1 aliphatic carbocycles. The first kappa shape index (κ1) is 21.0. The summed E-state index contributed by atoms with van der Waals surface area (Å²) >= 11 is 3.39. The lowest BCUT2D eigenvalue weighted by Crippen LogP contribution is -2.23. The van der Waals surface area contributed by atoms with Gasteiger partial charge in [-0.3, -0.25) is 5.32 Å². The second kappa shape index (κ2) is 7.62.